The molecule has 5 rings (SSSR count). The van der Waals surface area contributed by atoms with Crippen LogP contribution in [0.1, 0.15) is 18.5 Å². The van der Waals surface area contributed by atoms with Crippen LogP contribution in [0, 0.1) is 5.92 Å². The number of rotatable bonds is 2. The van der Waals surface area contributed by atoms with E-state index < -0.39 is 0 Å². The van der Waals surface area contributed by atoms with E-state index in [0.717, 1.165) is 44.7 Å². The standard InChI is InChI=1S/C17H25N5O2S/c1-19-4-6-20(7-5-19)17(24)21-8-13-2-3-15(10-21)22(16(13)23)9-14-11-25-12-18-14/h11-13,15H,2-10H2,1H3/t13-,15+/m1/s1. The Morgan fingerprint density at radius 1 is 1.20 bits per heavy atom. The fraction of sp³-hybridized carbons (Fsp3) is 0.706. The quantitative estimate of drug-likeness (QED) is 0.784. The maximum absolute atomic E-state index is 13.0. The lowest BCUT2D eigenvalue weighted by atomic mass is 9.94. The lowest BCUT2D eigenvalue weighted by Crippen LogP contribution is -2.53. The molecule has 0 spiro atoms. The highest BCUT2D eigenvalue weighted by atomic mass is 32.1. The van der Waals surface area contributed by atoms with Gasteiger partial charge in [0, 0.05) is 50.7 Å². The van der Waals surface area contributed by atoms with Crippen LogP contribution in [0.3, 0.4) is 0 Å². The van der Waals surface area contributed by atoms with Gasteiger partial charge in [0.2, 0.25) is 5.91 Å². The van der Waals surface area contributed by atoms with E-state index in [-0.39, 0.29) is 23.9 Å². The van der Waals surface area contributed by atoms with Crippen molar-refractivity contribution < 1.29 is 9.59 Å². The Kier molecular flexibility index (Phi) is 4.64. The number of aromatic nitrogens is 1. The molecule has 3 amide bonds. The van der Waals surface area contributed by atoms with Crippen LogP contribution in [-0.4, -0.2) is 88.9 Å². The van der Waals surface area contributed by atoms with Crippen LogP contribution in [0.5, 0.6) is 0 Å². The van der Waals surface area contributed by atoms with E-state index >= 15 is 0 Å². The summed E-state index contributed by atoms with van der Waals surface area (Å²) in [6.45, 7) is 5.17. The molecule has 0 N–H and O–H groups in total. The number of amides is 3. The summed E-state index contributed by atoms with van der Waals surface area (Å²) in [5, 5.41) is 2.00. The smallest absolute Gasteiger partial charge is 0.320 e. The van der Waals surface area contributed by atoms with E-state index in [9.17, 15) is 9.59 Å². The first kappa shape index (κ1) is 16.8. The first-order chi connectivity index (χ1) is 12.1. The summed E-state index contributed by atoms with van der Waals surface area (Å²) in [5.74, 6) is 0.131. The second-order valence-electron chi connectivity index (χ2n) is 7.35. The predicted molar refractivity (Wildman–Crippen MR) is 95.2 cm³/mol. The number of carbonyl (C=O) groups excluding carboxylic acids is 2. The molecule has 8 heteroatoms. The van der Waals surface area contributed by atoms with Crippen molar-refractivity contribution in [1.82, 2.24) is 24.6 Å². The molecule has 25 heavy (non-hydrogen) atoms. The Bertz CT molecular complexity index is 629. The van der Waals surface area contributed by atoms with Gasteiger partial charge in [0.1, 0.15) is 0 Å². The summed E-state index contributed by atoms with van der Waals surface area (Å²) in [7, 11) is 2.09. The van der Waals surface area contributed by atoms with Crippen LogP contribution < -0.4 is 0 Å². The van der Waals surface area contributed by atoms with Gasteiger partial charge in [-0.2, -0.15) is 0 Å². The van der Waals surface area contributed by atoms with Gasteiger partial charge in [-0.25, -0.2) is 9.78 Å². The summed E-state index contributed by atoms with van der Waals surface area (Å²) >= 11 is 1.55. The van der Waals surface area contributed by atoms with Gasteiger partial charge in [-0.05, 0) is 19.9 Å². The molecule has 1 aromatic rings. The van der Waals surface area contributed by atoms with Crippen molar-refractivity contribution in [3.05, 3.63) is 16.6 Å². The van der Waals surface area contributed by atoms with Gasteiger partial charge in [0.15, 0.2) is 0 Å². The minimum Gasteiger partial charge on any atom is -0.332 e. The number of hydrogen-bond donors (Lipinski definition) is 0. The van der Waals surface area contributed by atoms with Crippen LogP contribution in [0.15, 0.2) is 10.9 Å². The Morgan fingerprint density at radius 3 is 2.72 bits per heavy atom. The maximum Gasteiger partial charge on any atom is 0.320 e. The lowest BCUT2D eigenvalue weighted by molar-refractivity contribution is -0.140. The third kappa shape index (κ3) is 3.37. The number of piperazine rings is 1. The molecule has 2 bridgehead atoms. The fourth-order valence-corrected chi connectivity index (χ4v) is 4.64. The molecule has 1 aromatic heterocycles. The van der Waals surface area contributed by atoms with Crippen LogP contribution in [0.2, 0.25) is 0 Å². The molecule has 0 radical (unpaired) electrons. The largest absolute Gasteiger partial charge is 0.332 e. The van der Waals surface area contributed by atoms with Crippen LogP contribution in [-0.2, 0) is 11.3 Å². The van der Waals surface area contributed by atoms with Gasteiger partial charge in [-0.15, -0.1) is 11.3 Å². The van der Waals surface area contributed by atoms with Gasteiger partial charge in [0.25, 0.3) is 0 Å². The molecule has 4 aliphatic rings. The molecule has 4 fully saturated rings. The Balaban J connectivity index is 1.47. The molecular formula is C17H25N5O2S. The van der Waals surface area contributed by atoms with Gasteiger partial charge in [-0.3, -0.25) is 4.79 Å². The second-order valence-corrected chi connectivity index (χ2v) is 8.07. The minimum absolute atomic E-state index is 0.0613. The molecule has 0 unspecified atom stereocenters. The van der Waals surface area contributed by atoms with E-state index in [0.29, 0.717) is 19.6 Å². The molecule has 0 saturated carbocycles. The molecule has 7 nitrogen and oxygen atoms in total. The van der Waals surface area contributed by atoms with E-state index in [4.69, 9.17) is 0 Å². The normalized spacial score (nSPS) is 27.7. The van der Waals surface area contributed by atoms with Gasteiger partial charge >= 0.3 is 6.03 Å². The van der Waals surface area contributed by atoms with Crippen molar-refractivity contribution >= 4 is 23.3 Å². The highest BCUT2D eigenvalue weighted by Crippen LogP contribution is 2.31. The number of carbonyl (C=O) groups is 2. The van der Waals surface area contributed by atoms with Crippen molar-refractivity contribution in [2.45, 2.75) is 25.4 Å². The van der Waals surface area contributed by atoms with Gasteiger partial charge in [-0.1, -0.05) is 0 Å². The van der Waals surface area contributed by atoms with Crippen molar-refractivity contribution in [3.8, 4) is 0 Å². The Morgan fingerprint density at radius 2 is 2.00 bits per heavy atom. The van der Waals surface area contributed by atoms with Gasteiger partial charge in [0.05, 0.1) is 23.7 Å². The number of urea groups is 1. The van der Waals surface area contributed by atoms with E-state index in [1.54, 1.807) is 16.8 Å². The van der Waals surface area contributed by atoms with Crippen molar-refractivity contribution in [2.24, 2.45) is 5.92 Å². The summed E-state index contributed by atoms with van der Waals surface area (Å²) in [4.78, 5) is 38.2. The molecule has 136 valence electrons. The molecule has 0 aliphatic carbocycles. The molecule has 4 aliphatic heterocycles. The highest BCUT2D eigenvalue weighted by Gasteiger charge is 2.42. The Hall–Kier alpha value is -1.67. The average molecular weight is 363 g/mol. The van der Waals surface area contributed by atoms with E-state index in [1.807, 2.05) is 20.1 Å². The monoisotopic (exact) mass is 363 g/mol. The molecule has 2 atom stereocenters. The maximum atomic E-state index is 13.0. The molecule has 0 aromatic carbocycles. The average Bonchev–Trinajstić information content (AvgIpc) is 2.98. The second kappa shape index (κ2) is 6.92. The molecule has 4 saturated heterocycles. The van der Waals surface area contributed by atoms with Crippen molar-refractivity contribution in [2.75, 3.05) is 46.3 Å². The number of likely N-dealkylation sites (N-methyl/N-ethyl adjacent to an activating group) is 1. The minimum atomic E-state index is -0.0613. The first-order valence-corrected chi connectivity index (χ1v) is 9.96. The van der Waals surface area contributed by atoms with E-state index in [2.05, 4.69) is 16.9 Å². The van der Waals surface area contributed by atoms with Crippen molar-refractivity contribution in [1.29, 1.82) is 0 Å². The first-order valence-electron chi connectivity index (χ1n) is 9.02. The number of nitrogens with zero attached hydrogens (tertiary/aromatic N) is 5. The van der Waals surface area contributed by atoms with Gasteiger partial charge < -0.3 is 19.6 Å². The zero-order chi connectivity index (χ0) is 17.4. The number of fused-ring (bicyclic) bond motifs is 4. The van der Waals surface area contributed by atoms with Crippen LogP contribution >= 0.6 is 11.3 Å². The third-order valence-electron chi connectivity index (χ3n) is 5.65. The van der Waals surface area contributed by atoms with E-state index in [1.165, 1.54) is 0 Å². The number of hydrogen-bond acceptors (Lipinski definition) is 5. The number of thiazole rings is 1. The van der Waals surface area contributed by atoms with Crippen LogP contribution in [0.4, 0.5) is 4.79 Å². The summed E-state index contributed by atoms with van der Waals surface area (Å²) < 4.78 is 0. The zero-order valence-electron chi connectivity index (χ0n) is 14.6. The van der Waals surface area contributed by atoms with Crippen LogP contribution in [0.25, 0.3) is 0 Å². The topological polar surface area (TPSA) is 60.0 Å². The Labute approximate surface area is 152 Å². The summed E-state index contributed by atoms with van der Waals surface area (Å²) in [5.41, 5.74) is 2.75. The third-order valence-corrected chi connectivity index (χ3v) is 6.29. The predicted octanol–water partition coefficient (Wildman–Crippen LogP) is 0.933. The fourth-order valence-electron chi connectivity index (χ4n) is 4.09. The molecular weight excluding hydrogens is 338 g/mol. The summed E-state index contributed by atoms with van der Waals surface area (Å²) in [6, 6.07) is 0.220. The number of piperidine rings is 1. The SMILES string of the molecule is CN1CCN(C(=O)N2C[C@H]3CC[C@@H](C2)N(Cc2cscn2)C3=O)CC1. The highest BCUT2D eigenvalue weighted by molar-refractivity contribution is 7.07. The summed E-state index contributed by atoms with van der Waals surface area (Å²) in [6.07, 6.45) is 1.87. The molecule has 5 heterocycles. The van der Waals surface area contributed by atoms with Crippen molar-refractivity contribution in [3.63, 3.8) is 0 Å². The zero-order valence-corrected chi connectivity index (χ0v) is 15.5. The lowest BCUT2D eigenvalue weighted by Gasteiger charge is -2.37.